The Morgan fingerprint density at radius 2 is 2.00 bits per heavy atom. The second-order valence-electron chi connectivity index (χ2n) is 6.56. The van der Waals surface area contributed by atoms with Crippen molar-refractivity contribution in [3.8, 4) is 16.3 Å². The molecule has 138 valence electrons. The molecular formula is C22H22N2O2S. The van der Waals surface area contributed by atoms with E-state index >= 15 is 0 Å². The number of carbonyl (C=O) groups excluding carboxylic acids is 1. The summed E-state index contributed by atoms with van der Waals surface area (Å²) in [4.78, 5) is 19.5. The minimum atomic E-state index is 0.116. The maximum Gasteiger partial charge on any atom is 0.233 e. The van der Waals surface area contributed by atoms with Crippen molar-refractivity contribution in [2.45, 2.75) is 26.2 Å². The molecule has 3 aromatic rings. The number of rotatable bonds is 5. The lowest BCUT2D eigenvalue weighted by molar-refractivity contribution is -0.118. The highest BCUT2D eigenvalue weighted by molar-refractivity contribution is 7.13. The number of fused-ring (bicyclic) bond motifs is 1. The van der Waals surface area contributed by atoms with E-state index in [1.807, 2.05) is 59.7 Å². The lowest BCUT2D eigenvalue weighted by Crippen LogP contribution is -2.36. The number of para-hydroxylation sites is 1. The molecule has 27 heavy (non-hydrogen) atoms. The Hall–Kier alpha value is -2.66. The SMILES string of the molecule is CCOc1ccc(-c2nc(CC(=O)N3CCCc4ccccc43)cs2)cc1. The van der Waals surface area contributed by atoms with Gasteiger partial charge in [0.2, 0.25) is 5.91 Å². The van der Waals surface area contributed by atoms with Crippen molar-refractivity contribution in [2.75, 3.05) is 18.1 Å². The molecule has 4 nitrogen and oxygen atoms in total. The van der Waals surface area contributed by atoms with Gasteiger partial charge in [0.25, 0.3) is 0 Å². The minimum Gasteiger partial charge on any atom is -0.494 e. The van der Waals surface area contributed by atoms with Gasteiger partial charge in [0, 0.05) is 23.2 Å². The van der Waals surface area contributed by atoms with Crippen molar-refractivity contribution in [1.29, 1.82) is 0 Å². The molecule has 0 N–H and O–H groups in total. The number of amides is 1. The van der Waals surface area contributed by atoms with Crippen molar-refractivity contribution >= 4 is 22.9 Å². The van der Waals surface area contributed by atoms with Gasteiger partial charge in [-0.2, -0.15) is 0 Å². The maximum atomic E-state index is 12.9. The van der Waals surface area contributed by atoms with Crippen molar-refractivity contribution in [3.05, 3.63) is 65.2 Å². The van der Waals surface area contributed by atoms with Crippen LogP contribution in [0.2, 0.25) is 0 Å². The van der Waals surface area contributed by atoms with Gasteiger partial charge in [-0.3, -0.25) is 4.79 Å². The Balaban J connectivity index is 1.47. The third-order valence-corrected chi connectivity index (χ3v) is 5.65. The first-order valence-electron chi connectivity index (χ1n) is 9.30. The molecule has 0 atom stereocenters. The van der Waals surface area contributed by atoms with E-state index in [2.05, 4.69) is 11.1 Å². The molecule has 2 aromatic carbocycles. The normalized spacial score (nSPS) is 13.3. The number of aryl methyl sites for hydroxylation is 1. The molecule has 1 aliphatic rings. The second-order valence-corrected chi connectivity index (χ2v) is 7.41. The molecule has 5 heteroatoms. The molecule has 0 spiro atoms. The number of carbonyl (C=O) groups is 1. The zero-order valence-electron chi connectivity index (χ0n) is 15.4. The van der Waals surface area contributed by atoms with E-state index in [0.717, 1.165) is 47.1 Å². The van der Waals surface area contributed by atoms with Gasteiger partial charge in [0.05, 0.1) is 18.7 Å². The summed E-state index contributed by atoms with van der Waals surface area (Å²) in [7, 11) is 0. The van der Waals surface area contributed by atoms with Gasteiger partial charge >= 0.3 is 0 Å². The van der Waals surface area contributed by atoms with Crippen molar-refractivity contribution in [2.24, 2.45) is 0 Å². The van der Waals surface area contributed by atoms with Crippen LogP contribution in [0, 0.1) is 0 Å². The van der Waals surface area contributed by atoms with Gasteiger partial charge in [-0.25, -0.2) is 4.98 Å². The number of ether oxygens (including phenoxy) is 1. The molecule has 0 saturated carbocycles. The highest BCUT2D eigenvalue weighted by atomic mass is 32.1. The minimum absolute atomic E-state index is 0.116. The van der Waals surface area contributed by atoms with Crippen LogP contribution >= 0.6 is 11.3 Å². The molecule has 1 aromatic heterocycles. The molecule has 1 amide bonds. The summed E-state index contributed by atoms with van der Waals surface area (Å²) >= 11 is 1.57. The van der Waals surface area contributed by atoms with E-state index in [4.69, 9.17) is 4.74 Å². The lowest BCUT2D eigenvalue weighted by Gasteiger charge is -2.29. The maximum absolute atomic E-state index is 12.9. The van der Waals surface area contributed by atoms with Crippen LogP contribution in [-0.2, 0) is 17.6 Å². The zero-order valence-corrected chi connectivity index (χ0v) is 16.2. The smallest absolute Gasteiger partial charge is 0.233 e. The fraction of sp³-hybridized carbons (Fsp3) is 0.273. The molecule has 2 heterocycles. The third kappa shape index (κ3) is 3.88. The molecule has 0 saturated heterocycles. The summed E-state index contributed by atoms with van der Waals surface area (Å²) in [5.41, 5.74) is 4.18. The molecule has 1 aliphatic heterocycles. The highest BCUT2D eigenvalue weighted by Crippen LogP contribution is 2.29. The molecular weight excluding hydrogens is 356 g/mol. The summed E-state index contributed by atoms with van der Waals surface area (Å²) in [5.74, 6) is 0.975. The second kappa shape index (κ2) is 7.92. The fourth-order valence-corrected chi connectivity index (χ4v) is 4.25. The predicted molar refractivity (Wildman–Crippen MR) is 110 cm³/mol. The number of benzene rings is 2. The van der Waals surface area contributed by atoms with Crippen LogP contribution in [-0.4, -0.2) is 24.0 Å². The van der Waals surface area contributed by atoms with Gasteiger partial charge in [-0.15, -0.1) is 11.3 Å². The Labute approximate surface area is 163 Å². The summed E-state index contributed by atoms with van der Waals surface area (Å²) in [6.07, 6.45) is 2.39. The molecule has 0 fully saturated rings. The van der Waals surface area contributed by atoms with Crippen LogP contribution in [0.4, 0.5) is 5.69 Å². The van der Waals surface area contributed by atoms with Crippen LogP contribution in [0.5, 0.6) is 5.75 Å². The number of hydrogen-bond donors (Lipinski definition) is 0. The van der Waals surface area contributed by atoms with E-state index in [1.165, 1.54) is 5.56 Å². The predicted octanol–water partition coefficient (Wildman–Crippen LogP) is 4.73. The van der Waals surface area contributed by atoms with Crippen LogP contribution in [0.3, 0.4) is 0 Å². The zero-order chi connectivity index (χ0) is 18.6. The average molecular weight is 378 g/mol. The summed E-state index contributed by atoms with van der Waals surface area (Å²) in [6, 6.07) is 16.1. The summed E-state index contributed by atoms with van der Waals surface area (Å²) in [6.45, 7) is 3.41. The first-order chi connectivity index (χ1) is 13.2. The Bertz CT molecular complexity index is 933. The molecule has 4 rings (SSSR count). The number of nitrogens with zero attached hydrogens (tertiary/aromatic N) is 2. The van der Waals surface area contributed by atoms with E-state index in [1.54, 1.807) is 11.3 Å². The van der Waals surface area contributed by atoms with Gasteiger partial charge in [0.1, 0.15) is 10.8 Å². The van der Waals surface area contributed by atoms with Crippen LogP contribution in [0.1, 0.15) is 24.6 Å². The van der Waals surface area contributed by atoms with Crippen molar-refractivity contribution in [1.82, 2.24) is 4.98 Å². The van der Waals surface area contributed by atoms with Crippen LogP contribution in [0.25, 0.3) is 10.6 Å². The van der Waals surface area contributed by atoms with Crippen LogP contribution < -0.4 is 9.64 Å². The Morgan fingerprint density at radius 3 is 2.81 bits per heavy atom. The highest BCUT2D eigenvalue weighted by Gasteiger charge is 2.22. The third-order valence-electron chi connectivity index (χ3n) is 4.71. The average Bonchev–Trinajstić information content (AvgIpc) is 3.17. The number of anilines is 1. The quantitative estimate of drug-likeness (QED) is 0.644. The van der Waals surface area contributed by atoms with Gasteiger partial charge in [-0.05, 0) is 55.7 Å². The van der Waals surface area contributed by atoms with Crippen molar-refractivity contribution < 1.29 is 9.53 Å². The van der Waals surface area contributed by atoms with E-state index in [9.17, 15) is 4.79 Å². The first kappa shape index (κ1) is 17.7. The molecule has 0 bridgehead atoms. The molecule has 0 unspecified atom stereocenters. The van der Waals surface area contributed by atoms with Crippen LogP contribution in [0.15, 0.2) is 53.9 Å². The lowest BCUT2D eigenvalue weighted by atomic mass is 10.0. The number of thiazole rings is 1. The van der Waals surface area contributed by atoms with E-state index < -0.39 is 0 Å². The largest absolute Gasteiger partial charge is 0.494 e. The summed E-state index contributed by atoms with van der Waals surface area (Å²) in [5, 5.41) is 2.92. The Kier molecular flexibility index (Phi) is 5.21. The summed E-state index contributed by atoms with van der Waals surface area (Å²) < 4.78 is 5.48. The molecule has 0 aliphatic carbocycles. The van der Waals surface area contributed by atoms with Gasteiger partial charge < -0.3 is 9.64 Å². The van der Waals surface area contributed by atoms with Crippen molar-refractivity contribution in [3.63, 3.8) is 0 Å². The monoisotopic (exact) mass is 378 g/mol. The standard InChI is InChI=1S/C22H22N2O2S/c1-2-26-19-11-9-17(10-12-19)22-23-18(15-27-22)14-21(25)24-13-5-7-16-6-3-4-8-20(16)24/h3-4,6,8-12,15H,2,5,7,13-14H2,1H3. The number of hydrogen-bond acceptors (Lipinski definition) is 4. The van der Waals surface area contributed by atoms with Gasteiger partial charge in [-0.1, -0.05) is 18.2 Å². The first-order valence-corrected chi connectivity index (χ1v) is 10.2. The topological polar surface area (TPSA) is 42.4 Å². The fourth-order valence-electron chi connectivity index (χ4n) is 3.42. The Morgan fingerprint density at radius 1 is 1.19 bits per heavy atom. The number of aromatic nitrogens is 1. The van der Waals surface area contributed by atoms with Gasteiger partial charge in [0.15, 0.2) is 0 Å². The van der Waals surface area contributed by atoms with E-state index in [-0.39, 0.29) is 5.91 Å². The van der Waals surface area contributed by atoms with E-state index in [0.29, 0.717) is 13.0 Å². The molecule has 0 radical (unpaired) electrons.